The zero-order valence-corrected chi connectivity index (χ0v) is 13.8. The number of nitrogens with zero attached hydrogens (tertiary/aromatic N) is 1. The molecule has 1 aromatic heterocycles. The Balaban J connectivity index is 1.98. The first kappa shape index (κ1) is 15.0. The molecule has 2 aromatic rings. The molecule has 24 heavy (non-hydrogen) atoms. The maximum atomic E-state index is 12.5. The van der Waals surface area contributed by atoms with E-state index < -0.39 is 0 Å². The van der Waals surface area contributed by atoms with Crippen LogP contribution in [0, 0.1) is 0 Å². The maximum Gasteiger partial charge on any atom is 0.193 e. The number of benzene rings is 1. The molecule has 0 saturated carbocycles. The zero-order valence-electron chi connectivity index (χ0n) is 13.8. The molecule has 5 nitrogen and oxygen atoms in total. The van der Waals surface area contributed by atoms with Crippen molar-refractivity contribution < 1.29 is 14.3 Å². The topological polar surface area (TPSA) is 57.5 Å². The molecule has 0 fully saturated rings. The lowest BCUT2D eigenvalue weighted by molar-refractivity contribution is 0.0969. The lowest BCUT2D eigenvalue weighted by Gasteiger charge is -2.29. The average molecular weight is 325 g/mol. The highest BCUT2D eigenvalue weighted by Gasteiger charge is 2.28. The fraction of sp³-hybridized carbons (Fsp3) is 0.368. The molecule has 0 unspecified atom stereocenters. The number of Topliss-reactive ketones (excluding diaryl/α,β-unsaturated/α-hetero) is 1. The number of aryl methyl sites for hydroxylation is 1. The molecular formula is C19H19NO4. The molecule has 1 aliphatic heterocycles. The van der Waals surface area contributed by atoms with Gasteiger partial charge in [-0.15, -0.1) is 0 Å². The van der Waals surface area contributed by atoms with Crippen molar-refractivity contribution in [1.82, 2.24) is 4.57 Å². The molecule has 2 heterocycles. The van der Waals surface area contributed by atoms with Crippen molar-refractivity contribution in [2.45, 2.75) is 32.2 Å². The van der Waals surface area contributed by atoms with Gasteiger partial charge in [-0.25, -0.2) is 0 Å². The summed E-state index contributed by atoms with van der Waals surface area (Å²) in [4.78, 5) is 24.7. The molecule has 0 spiro atoms. The van der Waals surface area contributed by atoms with Crippen LogP contribution in [0.3, 0.4) is 0 Å². The number of aromatic nitrogens is 1. The number of rotatable bonds is 2. The quantitative estimate of drug-likeness (QED) is 0.852. The van der Waals surface area contributed by atoms with Gasteiger partial charge in [0.2, 0.25) is 0 Å². The van der Waals surface area contributed by atoms with Gasteiger partial charge in [-0.05, 0) is 37.0 Å². The number of ether oxygens (including phenoxy) is 2. The highest BCUT2D eigenvalue weighted by atomic mass is 16.5. The maximum absolute atomic E-state index is 12.5. The van der Waals surface area contributed by atoms with Crippen molar-refractivity contribution in [2.24, 2.45) is 0 Å². The van der Waals surface area contributed by atoms with E-state index >= 15 is 0 Å². The Morgan fingerprint density at radius 3 is 2.46 bits per heavy atom. The van der Waals surface area contributed by atoms with Gasteiger partial charge in [0.1, 0.15) is 0 Å². The first-order valence-electron chi connectivity index (χ1n) is 8.19. The van der Waals surface area contributed by atoms with Crippen molar-refractivity contribution in [2.75, 3.05) is 14.2 Å². The zero-order chi connectivity index (χ0) is 16.8. The summed E-state index contributed by atoms with van der Waals surface area (Å²) in [6, 6.07) is 5.51. The third-order valence-electron chi connectivity index (χ3n) is 5.01. The number of methoxy groups -OCH3 is 2. The van der Waals surface area contributed by atoms with Crippen LogP contribution in [-0.4, -0.2) is 24.6 Å². The second-order valence-electron chi connectivity index (χ2n) is 6.26. The van der Waals surface area contributed by atoms with Gasteiger partial charge in [0.15, 0.2) is 22.7 Å². The van der Waals surface area contributed by atoms with E-state index in [1.807, 2.05) is 12.1 Å². The minimum absolute atomic E-state index is 0.0188. The van der Waals surface area contributed by atoms with Gasteiger partial charge in [0.25, 0.3) is 0 Å². The highest BCUT2D eigenvalue weighted by Crippen LogP contribution is 2.39. The van der Waals surface area contributed by atoms with Crippen LogP contribution in [0.25, 0.3) is 11.3 Å². The van der Waals surface area contributed by atoms with Gasteiger partial charge < -0.3 is 14.0 Å². The van der Waals surface area contributed by atoms with Crippen LogP contribution in [0.2, 0.25) is 0 Å². The standard InChI is InChI=1S/C19H19NO4/c1-23-17-8-11-6-7-20-13-4-3-5-15(21)19(13)16(22)10-14(20)12(11)9-18(17)24-2/h8-10H,3-7H2,1-2H3. The normalized spacial score (nSPS) is 15.3. The van der Waals surface area contributed by atoms with E-state index in [1.165, 1.54) is 0 Å². The Morgan fingerprint density at radius 1 is 0.958 bits per heavy atom. The highest BCUT2D eigenvalue weighted by molar-refractivity contribution is 5.98. The molecule has 1 aromatic carbocycles. The molecule has 1 aliphatic carbocycles. The van der Waals surface area contributed by atoms with Crippen LogP contribution >= 0.6 is 0 Å². The molecule has 0 atom stereocenters. The van der Waals surface area contributed by atoms with Crippen molar-refractivity contribution in [3.63, 3.8) is 0 Å². The van der Waals surface area contributed by atoms with E-state index in [1.54, 1.807) is 20.3 Å². The van der Waals surface area contributed by atoms with E-state index in [2.05, 4.69) is 4.57 Å². The molecule has 124 valence electrons. The largest absolute Gasteiger partial charge is 0.493 e. The first-order valence-corrected chi connectivity index (χ1v) is 8.19. The number of pyridine rings is 1. The van der Waals surface area contributed by atoms with Crippen molar-refractivity contribution in [3.8, 4) is 22.8 Å². The molecular weight excluding hydrogens is 306 g/mol. The Bertz CT molecular complexity index is 911. The van der Waals surface area contributed by atoms with E-state index in [0.717, 1.165) is 48.3 Å². The fourth-order valence-electron chi connectivity index (χ4n) is 3.87. The number of fused-ring (bicyclic) bond motifs is 5. The van der Waals surface area contributed by atoms with Gasteiger partial charge >= 0.3 is 0 Å². The van der Waals surface area contributed by atoms with Gasteiger partial charge in [0, 0.05) is 30.3 Å². The van der Waals surface area contributed by atoms with Gasteiger partial charge in [0.05, 0.1) is 25.5 Å². The van der Waals surface area contributed by atoms with Crippen molar-refractivity contribution in [1.29, 1.82) is 0 Å². The number of carbonyl (C=O) groups is 1. The summed E-state index contributed by atoms with van der Waals surface area (Å²) in [5.74, 6) is 1.32. The average Bonchev–Trinajstić information content (AvgIpc) is 2.60. The van der Waals surface area contributed by atoms with Crippen LogP contribution in [0.4, 0.5) is 0 Å². The lowest BCUT2D eigenvalue weighted by Crippen LogP contribution is -2.29. The van der Waals surface area contributed by atoms with Gasteiger partial charge in [-0.3, -0.25) is 9.59 Å². The third kappa shape index (κ3) is 2.08. The van der Waals surface area contributed by atoms with Crippen LogP contribution in [0.5, 0.6) is 11.5 Å². The molecule has 0 radical (unpaired) electrons. The minimum Gasteiger partial charge on any atom is -0.493 e. The Kier molecular flexibility index (Phi) is 3.44. The van der Waals surface area contributed by atoms with Crippen molar-refractivity contribution in [3.05, 3.63) is 45.2 Å². The predicted octanol–water partition coefficient (Wildman–Crippen LogP) is 2.61. The summed E-state index contributed by atoms with van der Waals surface area (Å²) in [6.45, 7) is 0.772. The van der Waals surface area contributed by atoms with Crippen LogP contribution in [0.15, 0.2) is 23.0 Å². The lowest BCUT2D eigenvalue weighted by atomic mass is 9.89. The number of ketones is 1. The minimum atomic E-state index is -0.163. The Hall–Kier alpha value is -2.56. The molecule has 4 rings (SSSR count). The second kappa shape index (κ2) is 5.51. The Labute approximate surface area is 139 Å². The van der Waals surface area contributed by atoms with Gasteiger partial charge in [-0.2, -0.15) is 0 Å². The van der Waals surface area contributed by atoms with Crippen LogP contribution in [0.1, 0.15) is 34.5 Å². The molecule has 0 bridgehead atoms. The summed E-state index contributed by atoms with van der Waals surface area (Å²) >= 11 is 0. The number of carbonyl (C=O) groups excluding carboxylic acids is 1. The van der Waals surface area contributed by atoms with Crippen LogP contribution < -0.4 is 14.9 Å². The summed E-state index contributed by atoms with van der Waals surface area (Å²) in [5, 5.41) is 0. The molecule has 2 aliphatic rings. The summed E-state index contributed by atoms with van der Waals surface area (Å²) in [5.41, 5.74) is 4.12. The van der Waals surface area contributed by atoms with Gasteiger partial charge in [-0.1, -0.05) is 0 Å². The fourth-order valence-corrected chi connectivity index (χ4v) is 3.87. The van der Waals surface area contributed by atoms with Crippen molar-refractivity contribution >= 4 is 5.78 Å². The Morgan fingerprint density at radius 2 is 1.71 bits per heavy atom. The molecule has 0 saturated heterocycles. The van der Waals surface area contributed by atoms with E-state index in [-0.39, 0.29) is 11.2 Å². The van der Waals surface area contributed by atoms with Crippen LogP contribution in [-0.2, 0) is 19.4 Å². The molecule has 5 heteroatoms. The monoisotopic (exact) mass is 325 g/mol. The number of hydrogen-bond acceptors (Lipinski definition) is 4. The third-order valence-corrected chi connectivity index (χ3v) is 5.01. The van der Waals surface area contributed by atoms with E-state index in [0.29, 0.717) is 23.5 Å². The smallest absolute Gasteiger partial charge is 0.193 e. The first-order chi connectivity index (χ1) is 11.6. The molecule has 0 amide bonds. The summed E-state index contributed by atoms with van der Waals surface area (Å²) in [6.07, 6.45) is 2.91. The SMILES string of the molecule is COc1cc2c(cc1OC)-c1cc(=O)c3c(n1CC2)CCCC3=O. The predicted molar refractivity (Wildman–Crippen MR) is 90.2 cm³/mol. The molecule has 0 N–H and O–H groups in total. The second-order valence-corrected chi connectivity index (χ2v) is 6.26. The summed E-state index contributed by atoms with van der Waals surface area (Å²) < 4.78 is 12.9. The summed E-state index contributed by atoms with van der Waals surface area (Å²) in [7, 11) is 3.22. The van der Waals surface area contributed by atoms with E-state index in [9.17, 15) is 9.59 Å². The van der Waals surface area contributed by atoms with E-state index in [4.69, 9.17) is 9.47 Å². The number of hydrogen-bond donors (Lipinski definition) is 0.